The maximum absolute atomic E-state index is 12.7. The Labute approximate surface area is 152 Å². The van der Waals surface area contributed by atoms with Gasteiger partial charge in [0.1, 0.15) is 6.61 Å². The lowest BCUT2D eigenvalue weighted by Crippen LogP contribution is -2.34. The molecule has 2 aliphatic rings. The van der Waals surface area contributed by atoms with Gasteiger partial charge in [0.2, 0.25) is 0 Å². The third-order valence-electron chi connectivity index (χ3n) is 4.54. The number of esters is 1. The standard InChI is InChI=1S/C20H20ClNO3/c1-3-11-25-20(24)17-12(2)22-15-9-6-10-16(23)19(15)18(17)13-7-4-5-8-14(13)21/h3-5,7-8,18,22H,1,6,9-11H2,2H3/t18-/m0/s1. The molecule has 5 heteroatoms. The minimum atomic E-state index is -0.505. The van der Waals surface area contributed by atoms with Crippen molar-refractivity contribution >= 4 is 23.4 Å². The van der Waals surface area contributed by atoms with Gasteiger partial charge in [-0.25, -0.2) is 4.79 Å². The van der Waals surface area contributed by atoms with Gasteiger partial charge in [0.05, 0.1) is 5.57 Å². The number of ketones is 1. The lowest BCUT2D eigenvalue weighted by atomic mass is 9.75. The number of halogens is 1. The summed E-state index contributed by atoms with van der Waals surface area (Å²) in [5, 5.41) is 3.77. The van der Waals surface area contributed by atoms with Crippen LogP contribution in [0, 0.1) is 0 Å². The fourth-order valence-corrected chi connectivity index (χ4v) is 3.73. The van der Waals surface area contributed by atoms with Crippen LogP contribution >= 0.6 is 11.6 Å². The van der Waals surface area contributed by atoms with E-state index in [1.54, 1.807) is 6.07 Å². The maximum Gasteiger partial charge on any atom is 0.337 e. The summed E-state index contributed by atoms with van der Waals surface area (Å²) in [7, 11) is 0. The molecule has 0 radical (unpaired) electrons. The van der Waals surface area contributed by atoms with E-state index in [1.807, 2.05) is 25.1 Å². The fourth-order valence-electron chi connectivity index (χ4n) is 3.49. The van der Waals surface area contributed by atoms with Crippen LogP contribution in [-0.2, 0) is 14.3 Å². The number of allylic oxidation sites excluding steroid dienone is 3. The highest BCUT2D eigenvalue weighted by Crippen LogP contribution is 2.44. The van der Waals surface area contributed by atoms with Gasteiger partial charge in [0, 0.05) is 34.3 Å². The van der Waals surface area contributed by atoms with Gasteiger partial charge in [0.25, 0.3) is 0 Å². The van der Waals surface area contributed by atoms with Crippen molar-refractivity contribution in [1.82, 2.24) is 5.32 Å². The molecule has 1 aromatic rings. The molecule has 1 aliphatic carbocycles. The molecule has 0 saturated carbocycles. The van der Waals surface area contributed by atoms with Crippen LogP contribution in [0.2, 0.25) is 5.02 Å². The van der Waals surface area contributed by atoms with Crippen molar-refractivity contribution in [2.24, 2.45) is 0 Å². The second-order valence-electron chi connectivity index (χ2n) is 6.17. The van der Waals surface area contributed by atoms with Gasteiger partial charge in [-0.3, -0.25) is 4.79 Å². The van der Waals surface area contributed by atoms with Crippen LogP contribution in [-0.4, -0.2) is 18.4 Å². The Hall–Kier alpha value is -2.33. The first-order chi connectivity index (χ1) is 12.0. The lowest BCUT2D eigenvalue weighted by molar-refractivity contribution is -0.138. The molecule has 0 fully saturated rings. The molecule has 0 unspecified atom stereocenters. The predicted octanol–water partition coefficient (Wildman–Crippen LogP) is 4.04. The summed E-state index contributed by atoms with van der Waals surface area (Å²) >= 11 is 6.41. The van der Waals surface area contributed by atoms with E-state index in [4.69, 9.17) is 16.3 Å². The molecule has 0 amide bonds. The third-order valence-corrected chi connectivity index (χ3v) is 4.89. The van der Waals surface area contributed by atoms with Crippen molar-refractivity contribution < 1.29 is 14.3 Å². The van der Waals surface area contributed by atoms with Crippen LogP contribution in [0.5, 0.6) is 0 Å². The molecule has 0 saturated heterocycles. The summed E-state index contributed by atoms with van der Waals surface area (Å²) < 4.78 is 5.28. The summed E-state index contributed by atoms with van der Waals surface area (Å²) in [6.07, 6.45) is 3.60. The van der Waals surface area contributed by atoms with Crippen molar-refractivity contribution in [2.45, 2.75) is 32.1 Å². The molecular formula is C20H20ClNO3. The number of nitrogens with one attached hydrogen (secondary N) is 1. The molecule has 0 aromatic heterocycles. The molecule has 1 heterocycles. The first-order valence-electron chi connectivity index (χ1n) is 8.31. The van der Waals surface area contributed by atoms with E-state index < -0.39 is 11.9 Å². The van der Waals surface area contributed by atoms with Crippen LogP contribution in [0.4, 0.5) is 0 Å². The minimum absolute atomic E-state index is 0.0557. The normalized spacial score (nSPS) is 20.1. The number of hydrogen-bond donors (Lipinski definition) is 1. The van der Waals surface area contributed by atoms with E-state index in [9.17, 15) is 9.59 Å². The Morgan fingerprint density at radius 3 is 2.88 bits per heavy atom. The van der Waals surface area contributed by atoms with E-state index in [0.717, 1.165) is 24.1 Å². The van der Waals surface area contributed by atoms with Crippen molar-refractivity contribution in [3.8, 4) is 0 Å². The summed E-state index contributed by atoms with van der Waals surface area (Å²) in [6, 6.07) is 7.32. The number of carbonyl (C=O) groups is 2. The Morgan fingerprint density at radius 1 is 1.40 bits per heavy atom. The first-order valence-corrected chi connectivity index (χ1v) is 8.68. The van der Waals surface area contributed by atoms with Crippen LogP contribution in [0.15, 0.2) is 59.5 Å². The van der Waals surface area contributed by atoms with E-state index in [1.165, 1.54) is 6.08 Å². The van der Waals surface area contributed by atoms with Crippen LogP contribution in [0.25, 0.3) is 0 Å². The van der Waals surface area contributed by atoms with Crippen molar-refractivity contribution in [1.29, 1.82) is 0 Å². The molecule has 4 nitrogen and oxygen atoms in total. The number of dihydropyridines is 1. The Kier molecular flexibility index (Phi) is 5.09. The second kappa shape index (κ2) is 7.28. The van der Waals surface area contributed by atoms with Gasteiger partial charge in [-0.05, 0) is 31.4 Å². The average Bonchev–Trinajstić information content (AvgIpc) is 2.59. The predicted molar refractivity (Wildman–Crippen MR) is 97.1 cm³/mol. The fraction of sp³-hybridized carbons (Fsp3) is 0.300. The summed E-state index contributed by atoms with van der Waals surface area (Å²) in [6.45, 7) is 5.52. The van der Waals surface area contributed by atoms with Crippen LogP contribution < -0.4 is 5.32 Å². The summed E-state index contributed by atoms with van der Waals surface area (Å²) in [5.41, 5.74) is 3.41. The molecule has 3 rings (SSSR count). The largest absolute Gasteiger partial charge is 0.458 e. The highest BCUT2D eigenvalue weighted by Gasteiger charge is 2.39. The van der Waals surface area contributed by atoms with E-state index in [-0.39, 0.29) is 12.4 Å². The maximum atomic E-state index is 12.7. The van der Waals surface area contributed by atoms with Gasteiger partial charge in [-0.15, -0.1) is 0 Å². The van der Waals surface area contributed by atoms with Gasteiger partial charge in [-0.1, -0.05) is 42.5 Å². The average molecular weight is 358 g/mol. The second-order valence-corrected chi connectivity index (χ2v) is 6.58. The van der Waals surface area contributed by atoms with Gasteiger partial charge < -0.3 is 10.1 Å². The van der Waals surface area contributed by atoms with E-state index in [0.29, 0.717) is 28.3 Å². The van der Waals surface area contributed by atoms with Crippen molar-refractivity contribution in [3.63, 3.8) is 0 Å². The van der Waals surface area contributed by atoms with E-state index in [2.05, 4.69) is 11.9 Å². The SMILES string of the molecule is C=CCOC(=O)C1=C(C)NC2=C(C(=O)CCC2)[C@H]1c1ccccc1Cl. The zero-order valence-electron chi connectivity index (χ0n) is 14.1. The number of Topliss-reactive ketones (excluding diaryl/α,β-unsaturated/α-hetero) is 1. The Balaban J connectivity index is 2.15. The van der Waals surface area contributed by atoms with E-state index >= 15 is 0 Å². The molecule has 0 spiro atoms. The zero-order valence-corrected chi connectivity index (χ0v) is 14.9. The topological polar surface area (TPSA) is 55.4 Å². The molecular weight excluding hydrogens is 338 g/mol. The molecule has 130 valence electrons. The minimum Gasteiger partial charge on any atom is -0.458 e. The third kappa shape index (κ3) is 3.27. The van der Waals surface area contributed by atoms with Crippen LogP contribution in [0.1, 0.15) is 37.7 Å². The first kappa shape index (κ1) is 17.5. The number of ether oxygens (including phenoxy) is 1. The Bertz CT molecular complexity index is 807. The van der Waals surface area contributed by atoms with Gasteiger partial charge in [0.15, 0.2) is 5.78 Å². The smallest absolute Gasteiger partial charge is 0.337 e. The number of rotatable bonds is 4. The molecule has 1 aliphatic heterocycles. The summed E-state index contributed by atoms with van der Waals surface area (Å²) in [4.78, 5) is 25.4. The van der Waals surface area contributed by atoms with Crippen LogP contribution in [0.3, 0.4) is 0 Å². The van der Waals surface area contributed by atoms with Crippen molar-refractivity contribution in [3.05, 3.63) is 70.0 Å². The van der Waals surface area contributed by atoms with Gasteiger partial charge >= 0.3 is 5.97 Å². The quantitative estimate of drug-likeness (QED) is 0.652. The molecule has 25 heavy (non-hydrogen) atoms. The lowest BCUT2D eigenvalue weighted by Gasteiger charge is -2.34. The molecule has 1 aromatic carbocycles. The number of carbonyl (C=O) groups excluding carboxylic acids is 2. The molecule has 1 N–H and O–H groups in total. The number of benzene rings is 1. The van der Waals surface area contributed by atoms with Gasteiger partial charge in [-0.2, -0.15) is 0 Å². The zero-order chi connectivity index (χ0) is 18.0. The highest BCUT2D eigenvalue weighted by molar-refractivity contribution is 6.31. The highest BCUT2D eigenvalue weighted by atomic mass is 35.5. The monoisotopic (exact) mass is 357 g/mol. The Morgan fingerprint density at radius 2 is 2.16 bits per heavy atom. The molecule has 1 atom stereocenters. The van der Waals surface area contributed by atoms with Crippen molar-refractivity contribution in [2.75, 3.05) is 6.61 Å². The summed E-state index contributed by atoms with van der Waals surface area (Å²) in [5.74, 6) is -0.907. The molecule has 0 bridgehead atoms. The number of hydrogen-bond acceptors (Lipinski definition) is 4.